The van der Waals surface area contributed by atoms with Crippen molar-refractivity contribution in [2.24, 2.45) is 0 Å². The molecule has 1 heterocycles. The molecule has 166 valence electrons. The highest BCUT2D eigenvalue weighted by Gasteiger charge is 2.40. The summed E-state index contributed by atoms with van der Waals surface area (Å²) in [5, 5.41) is 14.1. The van der Waals surface area contributed by atoms with Crippen LogP contribution < -0.4 is 19.7 Å². The van der Waals surface area contributed by atoms with Gasteiger partial charge in [-0.25, -0.2) is 4.90 Å². The van der Waals surface area contributed by atoms with Crippen LogP contribution >= 0.6 is 0 Å². The monoisotopic (exact) mass is 445 g/mol. The van der Waals surface area contributed by atoms with Crippen LogP contribution in [0.15, 0.2) is 78.5 Å². The van der Waals surface area contributed by atoms with Gasteiger partial charge >= 0.3 is 0 Å². The van der Waals surface area contributed by atoms with Crippen LogP contribution in [0.25, 0.3) is 5.57 Å². The Balaban J connectivity index is 1.84. The second-order valence-electron chi connectivity index (χ2n) is 7.03. The summed E-state index contributed by atoms with van der Waals surface area (Å²) in [5.41, 5.74) is 1.18. The first kappa shape index (κ1) is 21.6. The van der Waals surface area contributed by atoms with Gasteiger partial charge in [-0.15, -0.1) is 0 Å². The highest BCUT2D eigenvalue weighted by molar-refractivity contribution is 6.46. The van der Waals surface area contributed by atoms with Crippen LogP contribution in [0, 0.1) is 10.1 Å². The average molecular weight is 445 g/mol. The van der Waals surface area contributed by atoms with Crippen molar-refractivity contribution in [2.45, 2.75) is 0 Å². The third kappa shape index (κ3) is 3.99. The number of carbonyl (C=O) groups excluding carboxylic acids is 2. The molecule has 0 fully saturated rings. The molecule has 3 aromatic carbocycles. The second kappa shape index (κ2) is 8.83. The van der Waals surface area contributed by atoms with E-state index in [2.05, 4.69) is 5.32 Å². The Morgan fingerprint density at radius 2 is 1.61 bits per heavy atom. The minimum atomic E-state index is -0.576. The van der Waals surface area contributed by atoms with Gasteiger partial charge in [0.05, 0.1) is 36.1 Å². The zero-order valence-corrected chi connectivity index (χ0v) is 17.8. The Bertz CT molecular complexity index is 1280. The molecule has 0 spiro atoms. The van der Waals surface area contributed by atoms with E-state index in [4.69, 9.17) is 9.47 Å². The van der Waals surface area contributed by atoms with Crippen molar-refractivity contribution in [1.82, 2.24) is 0 Å². The van der Waals surface area contributed by atoms with E-state index in [1.807, 2.05) is 0 Å². The number of carbonyl (C=O) groups is 2. The highest BCUT2D eigenvalue weighted by atomic mass is 16.6. The van der Waals surface area contributed by atoms with Gasteiger partial charge in [0, 0.05) is 18.2 Å². The molecule has 0 saturated heterocycles. The van der Waals surface area contributed by atoms with Crippen LogP contribution in [0.1, 0.15) is 5.56 Å². The fourth-order valence-corrected chi connectivity index (χ4v) is 3.53. The lowest BCUT2D eigenvalue weighted by Gasteiger charge is -2.16. The average Bonchev–Trinajstić information content (AvgIpc) is 3.08. The number of anilines is 2. The summed E-state index contributed by atoms with van der Waals surface area (Å²) in [4.78, 5) is 38.5. The van der Waals surface area contributed by atoms with Crippen molar-refractivity contribution in [3.05, 3.63) is 94.2 Å². The third-order valence-corrected chi connectivity index (χ3v) is 5.13. The number of rotatable bonds is 7. The largest absolute Gasteiger partial charge is 0.497 e. The normalized spacial score (nSPS) is 13.3. The number of ether oxygens (including phenoxy) is 2. The number of nitrogens with zero attached hydrogens (tertiary/aromatic N) is 2. The first-order valence-corrected chi connectivity index (χ1v) is 9.86. The molecule has 3 aromatic rings. The first-order valence-electron chi connectivity index (χ1n) is 9.86. The SMILES string of the molecule is COc1cccc(N2C(=O)C(Nc3ccccc3OC)=C(c3ccc([N+](=O)[O-])cc3)C2=O)c1. The number of benzene rings is 3. The number of amides is 2. The lowest BCUT2D eigenvalue weighted by molar-refractivity contribution is -0.384. The lowest BCUT2D eigenvalue weighted by atomic mass is 10.0. The molecular weight excluding hydrogens is 426 g/mol. The van der Waals surface area contributed by atoms with E-state index in [1.54, 1.807) is 48.5 Å². The molecule has 0 unspecified atom stereocenters. The van der Waals surface area contributed by atoms with Crippen LogP contribution in [0.5, 0.6) is 11.5 Å². The molecule has 9 heteroatoms. The Kier molecular flexibility index (Phi) is 5.77. The summed E-state index contributed by atoms with van der Waals surface area (Å²) in [6.07, 6.45) is 0. The van der Waals surface area contributed by atoms with Crippen LogP contribution in [-0.4, -0.2) is 31.0 Å². The highest BCUT2D eigenvalue weighted by Crippen LogP contribution is 2.36. The van der Waals surface area contributed by atoms with Gasteiger partial charge in [0.25, 0.3) is 17.5 Å². The first-order chi connectivity index (χ1) is 15.9. The maximum Gasteiger partial charge on any atom is 0.282 e. The van der Waals surface area contributed by atoms with E-state index in [9.17, 15) is 19.7 Å². The smallest absolute Gasteiger partial charge is 0.282 e. The lowest BCUT2D eigenvalue weighted by Crippen LogP contribution is -2.32. The van der Waals surface area contributed by atoms with Gasteiger partial charge in [-0.1, -0.05) is 18.2 Å². The van der Waals surface area contributed by atoms with Crippen molar-refractivity contribution < 1.29 is 24.0 Å². The number of nitro benzene ring substituents is 1. The molecular formula is C24H19N3O6. The Labute approximate surface area is 189 Å². The molecule has 1 aliphatic heterocycles. The van der Waals surface area contributed by atoms with Crippen LogP contribution in [-0.2, 0) is 9.59 Å². The molecule has 0 saturated carbocycles. The van der Waals surface area contributed by atoms with Gasteiger partial charge in [-0.3, -0.25) is 19.7 Å². The fraction of sp³-hybridized carbons (Fsp3) is 0.0833. The molecule has 1 aliphatic rings. The predicted octanol–water partition coefficient (Wildman–Crippen LogP) is 4.01. The fourth-order valence-electron chi connectivity index (χ4n) is 3.53. The van der Waals surface area contributed by atoms with Gasteiger partial charge < -0.3 is 14.8 Å². The molecule has 33 heavy (non-hydrogen) atoms. The minimum absolute atomic E-state index is 0.0289. The van der Waals surface area contributed by atoms with Crippen LogP contribution in [0.2, 0.25) is 0 Å². The molecule has 0 aliphatic carbocycles. The predicted molar refractivity (Wildman–Crippen MR) is 122 cm³/mol. The topological polar surface area (TPSA) is 111 Å². The number of imide groups is 1. The number of nitrogens with one attached hydrogen (secondary N) is 1. The van der Waals surface area contributed by atoms with Crippen LogP contribution in [0.3, 0.4) is 0 Å². The van der Waals surface area contributed by atoms with E-state index < -0.39 is 16.7 Å². The van der Waals surface area contributed by atoms with E-state index in [1.165, 1.54) is 38.5 Å². The standard InChI is InChI=1S/C24H19N3O6/c1-32-18-7-5-6-17(14-18)26-23(28)21(15-10-12-16(13-11-15)27(30)31)22(24(26)29)25-19-8-3-4-9-20(19)33-2/h3-14,25H,1-2H3. The van der Waals surface area contributed by atoms with Crippen LogP contribution in [0.4, 0.5) is 17.1 Å². The number of methoxy groups -OCH3 is 2. The zero-order valence-electron chi connectivity index (χ0n) is 17.8. The van der Waals surface area contributed by atoms with Gasteiger partial charge in [0.15, 0.2) is 0 Å². The Hall–Kier alpha value is -4.66. The molecule has 0 atom stereocenters. The molecule has 1 N–H and O–H groups in total. The number of para-hydroxylation sites is 2. The summed E-state index contributed by atoms with van der Waals surface area (Å²) in [5.74, 6) is -0.184. The van der Waals surface area contributed by atoms with Gasteiger partial charge in [-0.2, -0.15) is 0 Å². The Morgan fingerprint density at radius 1 is 0.879 bits per heavy atom. The van der Waals surface area contributed by atoms with Crippen molar-refractivity contribution in [3.8, 4) is 11.5 Å². The Morgan fingerprint density at radius 3 is 2.27 bits per heavy atom. The summed E-state index contributed by atoms with van der Waals surface area (Å²) in [6, 6.07) is 19.0. The molecule has 2 amide bonds. The second-order valence-corrected chi connectivity index (χ2v) is 7.03. The molecule has 0 bridgehead atoms. The van der Waals surface area contributed by atoms with Crippen molar-refractivity contribution in [2.75, 3.05) is 24.4 Å². The number of non-ortho nitro benzene ring substituents is 1. The summed E-state index contributed by atoms with van der Waals surface area (Å²) < 4.78 is 10.6. The maximum atomic E-state index is 13.5. The van der Waals surface area contributed by atoms with Crippen molar-refractivity contribution in [3.63, 3.8) is 0 Å². The van der Waals surface area contributed by atoms with E-state index in [-0.39, 0.29) is 17.0 Å². The number of hydrogen-bond acceptors (Lipinski definition) is 7. The van der Waals surface area contributed by atoms with E-state index >= 15 is 0 Å². The minimum Gasteiger partial charge on any atom is -0.497 e. The number of hydrogen-bond donors (Lipinski definition) is 1. The zero-order chi connectivity index (χ0) is 23.5. The van der Waals surface area contributed by atoms with Gasteiger partial charge in [-0.05, 0) is 42.0 Å². The molecule has 4 rings (SSSR count). The van der Waals surface area contributed by atoms with Gasteiger partial charge in [0.2, 0.25) is 0 Å². The summed E-state index contributed by atoms with van der Waals surface area (Å²) >= 11 is 0. The van der Waals surface area contributed by atoms with Crippen molar-refractivity contribution >= 4 is 34.4 Å². The molecule has 0 aromatic heterocycles. The van der Waals surface area contributed by atoms with E-state index in [0.717, 1.165) is 4.90 Å². The summed E-state index contributed by atoms with van der Waals surface area (Å²) in [7, 11) is 2.98. The summed E-state index contributed by atoms with van der Waals surface area (Å²) in [6.45, 7) is 0. The third-order valence-electron chi connectivity index (χ3n) is 5.13. The van der Waals surface area contributed by atoms with Crippen molar-refractivity contribution in [1.29, 1.82) is 0 Å². The maximum absolute atomic E-state index is 13.5. The number of nitro groups is 1. The van der Waals surface area contributed by atoms with Gasteiger partial charge in [0.1, 0.15) is 17.2 Å². The molecule has 0 radical (unpaired) electrons. The van der Waals surface area contributed by atoms with E-state index in [0.29, 0.717) is 28.4 Å². The quantitative estimate of drug-likeness (QED) is 0.332. The molecule has 9 nitrogen and oxygen atoms in total.